The first kappa shape index (κ1) is 14.8. The molecule has 1 aromatic carbocycles. The van der Waals surface area contributed by atoms with Gasteiger partial charge in [0, 0.05) is 17.3 Å². The molecule has 0 radical (unpaired) electrons. The Labute approximate surface area is 143 Å². The van der Waals surface area contributed by atoms with Crippen LogP contribution in [0.5, 0.6) is 11.5 Å². The third-order valence-electron chi connectivity index (χ3n) is 3.85. The van der Waals surface area contributed by atoms with E-state index in [1.807, 2.05) is 35.8 Å². The SMILES string of the molecule is COC(=O)c1ccc(-n2cccc2-c2scc3c2OCCO3)cc1. The highest BCUT2D eigenvalue weighted by Gasteiger charge is 2.22. The Balaban J connectivity index is 1.73. The maximum absolute atomic E-state index is 11.6. The number of methoxy groups -OCH3 is 1. The number of carbonyl (C=O) groups excluding carboxylic acids is 1. The number of thiophene rings is 1. The number of aromatic nitrogens is 1. The van der Waals surface area contributed by atoms with Crippen LogP contribution in [0.2, 0.25) is 0 Å². The summed E-state index contributed by atoms with van der Waals surface area (Å²) in [5, 5.41) is 1.97. The van der Waals surface area contributed by atoms with Crippen LogP contribution in [0.4, 0.5) is 0 Å². The molecule has 0 amide bonds. The maximum atomic E-state index is 11.6. The molecule has 0 unspecified atom stereocenters. The predicted octanol–water partition coefficient (Wildman–Crippen LogP) is 3.76. The van der Waals surface area contributed by atoms with Crippen molar-refractivity contribution in [1.29, 1.82) is 0 Å². The largest absolute Gasteiger partial charge is 0.485 e. The highest BCUT2D eigenvalue weighted by Crippen LogP contribution is 2.46. The smallest absolute Gasteiger partial charge is 0.337 e. The van der Waals surface area contributed by atoms with E-state index in [-0.39, 0.29) is 5.97 Å². The summed E-state index contributed by atoms with van der Waals surface area (Å²) >= 11 is 1.60. The summed E-state index contributed by atoms with van der Waals surface area (Å²) in [5.41, 5.74) is 2.51. The highest BCUT2D eigenvalue weighted by atomic mass is 32.1. The highest BCUT2D eigenvalue weighted by molar-refractivity contribution is 7.14. The summed E-state index contributed by atoms with van der Waals surface area (Å²) < 4.78 is 18.2. The molecular weight excluding hydrogens is 326 g/mol. The Morgan fingerprint density at radius 3 is 2.75 bits per heavy atom. The van der Waals surface area contributed by atoms with Crippen LogP contribution in [0.25, 0.3) is 16.3 Å². The van der Waals surface area contributed by atoms with Crippen LogP contribution in [0.15, 0.2) is 48.0 Å². The minimum Gasteiger partial charge on any atom is -0.485 e. The maximum Gasteiger partial charge on any atom is 0.337 e. The number of esters is 1. The van der Waals surface area contributed by atoms with Gasteiger partial charge in [0.15, 0.2) is 11.5 Å². The van der Waals surface area contributed by atoms with E-state index in [0.29, 0.717) is 18.8 Å². The van der Waals surface area contributed by atoms with Gasteiger partial charge in [0.1, 0.15) is 13.2 Å². The fourth-order valence-electron chi connectivity index (χ4n) is 2.71. The number of nitrogens with zero attached hydrogens (tertiary/aromatic N) is 1. The summed E-state index contributed by atoms with van der Waals surface area (Å²) in [4.78, 5) is 12.6. The van der Waals surface area contributed by atoms with Gasteiger partial charge < -0.3 is 18.8 Å². The van der Waals surface area contributed by atoms with E-state index in [0.717, 1.165) is 27.8 Å². The first-order chi connectivity index (χ1) is 11.8. The quantitative estimate of drug-likeness (QED) is 0.681. The molecule has 0 saturated carbocycles. The Bertz CT molecular complexity index is 879. The fraction of sp³-hybridized carbons (Fsp3) is 0.167. The van der Waals surface area contributed by atoms with Crippen LogP contribution >= 0.6 is 11.3 Å². The number of ether oxygens (including phenoxy) is 3. The van der Waals surface area contributed by atoms with Crippen LogP contribution in [-0.4, -0.2) is 30.9 Å². The molecule has 0 atom stereocenters. The molecule has 0 bridgehead atoms. The molecule has 4 rings (SSSR count). The molecule has 0 fully saturated rings. The molecule has 0 aliphatic carbocycles. The lowest BCUT2D eigenvalue weighted by Gasteiger charge is -2.17. The van der Waals surface area contributed by atoms with Crippen LogP contribution in [-0.2, 0) is 4.74 Å². The standard InChI is InChI=1S/C18H15NO4S/c1-21-18(20)12-4-6-13(7-5-12)19-8-2-3-14(19)17-16-15(11-24-17)22-9-10-23-16/h2-8,11H,9-10H2,1H3. The van der Waals surface area contributed by atoms with Crippen molar-refractivity contribution in [2.45, 2.75) is 0 Å². The number of fused-ring (bicyclic) bond motifs is 1. The zero-order valence-electron chi connectivity index (χ0n) is 13.0. The molecule has 3 aromatic rings. The van der Waals surface area contributed by atoms with Crippen molar-refractivity contribution in [3.05, 3.63) is 53.5 Å². The Kier molecular flexibility index (Phi) is 3.74. The summed E-state index contributed by atoms with van der Waals surface area (Å²) in [6.07, 6.45) is 1.98. The van der Waals surface area contributed by atoms with Crippen LogP contribution < -0.4 is 9.47 Å². The third-order valence-corrected chi connectivity index (χ3v) is 4.81. The lowest BCUT2D eigenvalue weighted by molar-refractivity contribution is 0.0601. The van der Waals surface area contributed by atoms with Gasteiger partial charge in [-0.3, -0.25) is 0 Å². The van der Waals surface area contributed by atoms with Gasteiger partial charge in [0.05, 0.1) is 23.2 Å². The molecule has 3 heterocycles. The van der Waals surface area contributed by atoms with Crippen LogP contribution in [0.1, 0.15) is 10.4 Å². The van der Waals surface area contributed by atoms with Crippen molar-refractivity contribution < 1.29 is 19.0 Å². The van der Waals surface area contributed by atoms with E-state index in [2.05, 4.69) is 4.57 Å². The number of rotatable bonds is 3. The first-order valence-electron chi connectivity index (χ1n) is 7.51. The molecule has 0 spiro atoms. The van der Waals surface area contributed by atoms with Gasteiger partial charge in [0.2, 0.25) is 0 Å². The molecule has 2 aromatic heterocycles. The van der Waals surface area contributed by atoms with Crippen molar-refractivity contribution in [2.24, 2.45) is 0 Å². The van der Waals surface area contributed by atoms with E-state index in [9.17, 15) is 4.79 Å². The predicted molar refractivity (Wildman–Crippen MR) is 91.4 cm³/mol. The van der Waals surface area contributed by atoms with E-state index in [4.69, 9.17) is 14.2 Å². The van der Waals surface area contributed by atoms with Gasteiger partial charge in [-0.25, -0.2) is 4.79 Å². The lowest BCUT2D eigenvalue weighted by Crippen LogP contribution is -2.14. The fourth-order valence-corrected chi connectivity index (χ4v) is 3.66. The normalized spacial score (nSPS) is 12.9. The van der Waals surface area contributed by atoms with Gasteiger partial charge in [-0.05, 0) is 36.4 Å². The van der Waals surface area contributed by atoms with Crippen molar-refractivity contribution in [3.63, 3.8) is 0 Å². The summed E-state index contributed by atoms with van der Waals surface area (Å²) in [6.45, 7) is 1.14. The van der Waals surface area contributed by atoms with Gasteiger partial charge in [-0.1, -0.05) is 0 Å². The molecule has 0 N–H and O–H groups in total. The zero-order valence-corrected chi connectivity index (χ0v) is 13.8. The second kappa shape index (κ2) is 6.05. The number of benzene rings is 1. The third kappa shape index (κ3) is 2.45. The molecule has 6 heteroatoms. The molecule has 1 aliphatic heterocycles. The van der Waals surface area contributed by atoms with Gasteiger partial charge >= 0.3 is 5.97 Å². The Morgan fingerprint density at radius 2 is 1.96 bits per heavy atom. The van der Waals surface area contributed by atoms with Crippen molar-refractivity contribution in [2.75, 3.05) is 20.3 Å². The number of hydrogen-bond donors (Lipinski definition) is 0. The molecular formula is C18H15NO4S. The summed E-state index contributed by atoms with van der Waals surface area (Å²) in [5.74, 6) is 1.26. The monoisotopic (exact) mass is 341 g/mol. The van der Waals surface area contributed by atoms with E-state index in [1.165, 1.54) is 7.11 Å². The topological polar surface area (TPSA) is 49.7 Å². The van der Waals surface area contributed by atoms with Gasteiger partial charge in [0.25, 0.3) is 0 Å². The first-order valence-corrected chi connectivity index (χ1v) is 8.39. The van der Waals surface area contributed by atoms with E-state index in [1.54, 1.807) is 23.5 Å². The van der Waals surface area contributed by atoms with Gasteiger partial charge in [-0.2, -0.15) is 0 Å². The summed E-state index contributed by atoms with van der Waals surface area (Å²) in [6, 6.07) is 11.3. The number of carbonyl (C=O) groups is 1. The summed E-state index contributed by atoms with van der Waals surface area (Å²) in [7, 11) is 1.38. The minimum absolute atomic E-state index is 0.341. The average molecular weight is 341 g/mol. The molecule has 24 heavy (non-hydrogen) atoms. The van der Waals surface area contributed by atoms with Crippen LogP contribution in [0, 0.1) is 0 Å². The van der Waals surface area contributed by atoms with Crippen molar-refractivity contribution >= 4 is 17.3 Å². The second-order valence-corrected chi connectivity index (χ2v) is 6.14. The van der Waals surface area contributed by atoms with Gasteiger partial charge in [-0.15, -0.1) is 11.3 Å². The van der Waals surface area contributed by atoms with E-state index < -0.39 is 0 Å². The Morgan fingerprint density at radius 1 is 1.17 bits per heavy atom. The average Bonchev–Trinajstić information content (AvgIpc) is 3.27. The molecule has 1 aliphatic rings. The molecule has 0 saturated heterocycles. The zero-order chi connectivity index (χ0) is 16.5. The molecule has 122 valence electrons. The van der Waals surface area contributed by atoms with Crippen molar-refractivity contribution in [1.82, 2.24) is 4.57 Å². The molecule has 5 nitrogen and oxygen atoms in total. The lowest BCUT2D eigenvalue weighted by atomic mass is 10.2. The Hall–Kier alpha value is -2.73. The second-order valence-electron chi connectivity index (χ2n) is 5.26. The van der Waals surface area contributed by atoms with E-state index >= 15 is 0 Å². The van der Waals surface area contributed by atoms with Crippen molar-refractivity contribution in [3.8, 4) is 27.8 Å². The van der Waals surface area contributed by atoms with Crippen LogP contribution in [0.3, 0.4) is 0 Å². The minimum atomic E-state index is -0.341. The number of hydrogen-bond acceptors (Lipinski definition) is 5.